The van der Waals surface area contributed by atoms with Gasteiger partial charge in [0.25, 0.3) is 0 Å². The zero-order chi connectivity index (χ0) is 23.0. The Morgan fingerprint density at radius 1 is 0.935 bits per heavy atom. The predicted octanol–water partition coefficient (Wildman–Crippen LogP) is 5.20. The van der Waals surface area contributed by atoms with Crippen molar-refractivity contribution < 1.29 is 23.8 Å². The first-order chi connectivity index (χ1) is 14.5. The molecule has 168 valence electrons. The molecule has 0 spiro atoms. The Balaban J connectivity index is 1.94. The minimum Gasteiger partial charge on any atom is -0.460 e. The van der Waals surface area contributed by atoms with Gasteiger partial charge in [-0.05, 0) is 57.0 Å². The molecule has 0 saturated heterocycles. The second-order valence-corrected chi connectivity index (χ2v) is 8.91. The van der Waals surface area contributed by atoms with E-state index in [1.54, 1.807) is 32.9 Å². The smallest absolute Gasteiger partial charge is 0.460 e. The highest BCUT2D eigenvalue weighted by Gasteiger charge is 2.28. The van der Waals surface area contributed by atoms with E-state index in [1.165, 1.54) is 0 Å². The first kappa shape index (κ1) is 24.4. The largest absolute Gasteiger partial charge is 0.514 e. The van der Waals surface area contributed by atoms with Crippen LogP contribution in [0.1, 0.15) is 45.7 Å². The first-order valence-electron chi connectivity index (χ1n) is 10.5. The SMILES string of the molecule is CC(C)C(C(=O)OCc1ccccc1)N(C)Cc1ccc(OC(=O)OC(C)(C)C)cc1. The van der Waals surface area contributed by atoms with E-state index in [0.717, 1.165) is 11.1 Å². The fraction of sp³-hybridized carbons (Fsp3) is 0.440. The zero-order valence-corrected chi connectivity index (χ0v) is 19.3. The lowest BCUT2D eigenvalue weighted by Gasteiger charge is -2.29. The number of carbonyl (C=O) groups excluding carboxylic acids is 2. The lowest BCUT2D eigenvalue weighted by atomic mass is 10.0. The molecule has 0 aliphatic rings. The monoisotopic (exact) mass is 427 g/mol. The Morgan fingerprint density at radius 2 is 1.55 bits per heavy atom. The Hall–Kier alpha value is -2.86. The summed E-state index contributed by atoms with van der Waals surface area (Å²) in [6, 6.07) is 16.4. The molecule has 2 rings (SSSR count). The van der Waals surface area contributed by atoms with Gasteiger partial charge in [0, 0.05) is 6.54 Å². The van der Waals surface area contributed by atoms with E-state index < -0.39 is 11.8 Å². The fourth-order valence-corrected chi connectivity index (χ4v) is 3.19. The second kappa shape index (κ2) is 11.0. The molecule has 0 radical (unpaired) electrons. The van der Waals surface area contributed by atoms with E-state index in [4.69, 9.17) is 14.2 Å². The summed E-state index contributed by atoms with van der Waals surface area (Å²) in [5.74, 6) is 0.248. The van der Waals surface area contributed by atoms with E-state index in [0.29, 0.717) is 12.3 Å². The van der Waals surface area contributed by atoms with Crippen molar-refractivity contribution in [3.05, 3.63) is 65.7 Å². The molecule has 6 nitrogen and oxygen atoms in total. The molecule has 0 amide bonds. The maximum absolute atomic E-state index is 12.7. The van der Waals surface area contributed by atoms with Crippen molar-refractivity contribution in [1.29, 1.82) is 0 Å². The van der Waals surface area contributed by atoms with E-state index >= 15 is 0 Å². The highest BCUT2D eigenvalue weighted by molar-refractivity contribution is 5.76. The number of ether oxygens (including phenoxy) is 3. The van der Waals surface area contributed by atoms with Crippen molar-refractivity contribution in [2.45, 2.75) is 59.4 Å². The number of nitrogens with zero attached hydrogens (tertiary/aromatic N) is 1. The summed E-state index contributed by atoms with van der Waals surface area (Å²) in [5.41, 5.74) is 1.34. The predicted molar refractivity (Wildman–Crippen MR) is 120 cm³/mol. The highest BCUT2D eigenvalue weighted by atomic mass is 16.7. The van der Waals surface area contributed by atoms with Crippen LogP contribution in [0.3, 0.4) is 0 Å². The van der Waals surface area contributed by atoms with Gasteiger partial charge in [0.05, 0.1) is 0 Å². The van der Waals surface area contributed by atoms with E-state index in [2.05, 4.69) is 0 Å². The Bertz CT molecular complexity index is 840. The number of carbonyl (C=O) groups is 2. The average Bonchev–Trinajstić information content (AvgIpc) is 2.67. The summed E-state index contributed by atoms with van der Waals surface area (Å²) >= 11 is 0. The van der Waals surface area contributed by atoms with Gasteiger partial charge in [0.1, 0.15) is 24.0 Å². The molecule has 1 atom stereocenters. The minimum absolute atomic E-state index is 0.0862. The number of hydrogen-bond acceptors (Lipinski definition) is 6. The van der Waals surface area contributed by atoms with E-state index in [9.17, 15) is 9.59 Å². The molecule has 0 bridgehead atoms. The number of hydrogen-bond donors (Lipinski definition) is 0. The van der Waals surface area contributed by atoms with Crippen LogP contribution in [0.15, 0.2) is 54.6 Å². The molecule has 0 saturated carbocycles. The number of benzene rings is 2. The van der Waals surface area contributed by atoms with Crippen molar-refractivity contribution in [3.8, 4) is 5.75 Å². The molecule has 6 heteroatoms. The molecule has 0 aliphatic carbocycles. The van der Waals surface area contributed by atoms with Gasteiger partial charge in [0.15, 0.2) is 0 Å². The third-order valence-electron chi connectivity index (χ3n) is 4.52. The molecule has 0 N–H and O–H groups in total. The normalized spacial score (nSPS) is 12.5. The van der Waals surface area contributed by atoms with Gasteiger partial charge in [-0.2, -0.15) is 0 Å². The summed E-state index contributed by atoms with van der Waals surface area (Å²) in [6.45, 7) is 10.2. The standard InChI is InChI=1S/C25H33NO5/c1-18(2)22(23(27)29-17-20-10-8-7-9-11-20)26(6)16-19-12-14-21(15-13-19)30-24(28)31-25(3,4)5/h7-15,18,22H,16-17H2,1-6H3. The maximum Gasteiger partial charge on any atom is 0.514 e. The molecule has 1 unspecified atom stereocenters. The average molecular weight is 428 g/mol. The van der Waals surface area contributed by atoms with Gasteiger partial charge < -0.3 is 14.2 Å². The molecule has 0 fully saturated rings. The highest BCUT2D eigenvalue weighted by Crippen LogP contribution is 2.19. The number of likely N-dealkylation sites (N-methyl/N-ethyl adjacent to an activating group) is 1. The van der Waals surface area contributed by atoms with Crippen LogP contribution in [-0.2, 0) is 27.4 Å². The van der Waals surface area contributed by atoms with E-state index in [-0.39, 0.29) is 24.5 Å². The maximum atomic E-state index is 12.7. The Morgan fingerprint density at radius 3 is 2.10 bits per heavy atom. The molecule has 0 aromatic heterocycles. The van der Waals surface area contributed by atoms with Crippen LogP contribution in [0.4, 0.5) is 4.79 Å². The summed E-state index contributed by atoms with van der Waals surface area (Å²) in [4.78, 5) is 26.5. The zero-order valence-electron chi connectivity index (χ0n) is 19.3. The van der Waals surface area contributed by atoms with Crippen LogP contribution in [0.25, 0.3) is 0 Å². The fourth-order valence-electron chi connectivity index (χ4n) is 3.19. The molecule has 31 heavy (non-hydrogen) atoms. The molecule has 2 aromatic rings. The molecular formula is C25H33NO5. The van der Waals surface area contributed by atoms with Crippen molar-refractivity contribution in [2.75, 3.05) is 7.05 Å². The quantitative estimate of drug-likeness (QED) is 0.426. The number of rotatable bonds is 8. The minimum atomic E-state index is -0.738. The summed E-state index contributed by atoms with van der Waals surface area (Å²) in [6.07, 6.45) is -0.738. The third kappa shape index (κ3) is 8.42. The molecule has 0 aliphatic heterocycles. The van der Waals surface area contributed by atoms with Gasteiger partial charge in [-0.25, -0.2) is 4.79 Å². The number of esters is 1. The Kier molecular flexibility index (Phi) is 8.63. The molecule has 0 heterocycles. The van der Waals surface area contributed by atoms with Crippen molar-refractivity contribution in [1.82, 2.24) is 4.90 Å². The molecule has 2 aromatic carbocycles. The van der Waals surface area contributed by atoms with E-state index in [1.807, 2.05) is 68.3 Å². The lowest BCUT2D eigenvalue weighted by Crippen LogP contribution is -2.43. The van der Waals surface area contributed by atoms with Crippen molar-refractivity contribution in [3.63, 3.8) is 0 Å². The lowest BCUT2D eigenvalue weighted by molar-refractivity contribution is -0.153. The Labute approximate surface area is 185 Å². The summed E-state index contributed by atoms with van der Waals surface area (Å²) in [5, 5.41) is 0. The topological polar surface area (TPSA) is 65.1 Å². The van der Waals surface area contributed by atoms with Crippen LogP contribution in [-0.4, -0.2) is 35.7 Å². The summed E-state index contributed by atoms with van der Waals surface area (Å²) in [7, 11) is 1.90. The van der Waals surface area contributed by atoms with Gasteiger partial charge in [0.2, 0.25) is 0 Å². The van der Waals surface area contributed by atoms with Crippen molar-refractivity contribution in [2.24, 2.45) is 5.92 Å². The van der Waals surface area contributed by atoms with Gasteiger partial charge in [-0.15, -0.1) is 0 Å². The van der Waals surface area contributed by atoms with Crippen molar-refractivity contribution >= 4 is 12.1 Å². The van der Waals surface area contributed by atoms with Gasteiger partial charge >= 0.3 is 12.1 Å². The third-order valence-corrected chi connectivity index (χ3v) is 4.52. The van der Waals surface area contributed by atoms with Crippen LogP contribution in [0.2, 0.25) is 0 Å². The molecular weight excluding hydrogens is 394 g/mol. The van der Waals surface area contributed by atoms with Gasteiger partial charge in [-0.1, -0.05) is 56.3 Å². The van der Waals surface area contributed by atoms with Gasteiger partial charge in [-0.3, -0.25) is 9.69 Å². The van der Waals surface area contributed by atoms with Crippen LogP contribution in [0.5, 0.6) is 5.75 Å². The van der Waals surface area contributed by atoms with Crippen LogP contribution < -0.4 is 4.74 Å². The summed E-state index contributed by atoms with van der Waals surface area (Å²) < 4.78 is 15.9. The second-order valence-electron chi connectivity index (χ2n) is 8.91. The van der Waals surface area contributed by atoms with Crippen LogP contribution >= 0.6 is 0 Å². The van der Waals surface area contributed by atoms with Crippen LogP contribution in [0, 0.1) is 5.92 Å². The first-order valence-corrected chi connectivity index (χ1v) is 10.5.